The molecule has 0 radical (unpaired) electrons. The molecule has 3 rings (SSSR count). The minimum atomic E-state index is -0.883. The van der Waals surface area contributed by atoms with Crippen molar-refractivity contribution in [3.63, 3.8) is 0 Å². The fourth-order valence-corrected chi connectivity index (χ4v) is 3.32. The topological polar surface area (TPSA) is 140 Å². The monoisotopic (exact) mass is 381 g/mol. The van der Waals surface area contributed by atoms with Crippen LogP contribution in [0.15, 0.2) is 30.3 Å². The lowest BCUT2D eigenvalue weighted by atomic mass is 9.92. The van der Waals surface area contributed by atoms with Gasteiger partial charge in [0.1, 0.15) is 17.8 Å². The first-order chi connectivity index (χ1) is 13.5. The Balaban J connectivity index is 1.94. The van der Waals surface area contributed by atoms with E-state index in [2.05, 4.69) is 31.8 Å². The van der Waals surface area contributed by atoms with Crippen molar-refractivity contribution in [3.8, 4) is 11.4 Å². The molecule has 0 aliphatic heterocycles. The number of rotatable bonds is 8. The second kappa shape index (κ2) is 8.79. The standard InChI is InChI=1S/C20H27N7O/c1-3-4-6-11-14(18-25-19(21)27-20(22)26-18)16(28)15-12(2)23-17(24-15)13-9-7-5-8-10-13/h5,7-10,14,16,28H,3-4,6,11H2,1-2H3,(H,23,24)(H4,21,22,25,26,27). The molecule has 0 fully saturated rings. The van der Waals surface area contributed by atoms with Crippen LogP contribution < -0.4 is 11.5 Å². The van der Waals surface area contributed by atoms with Crippen LogP contribution in [0.25, 0.3) is 11.4 Å². The number of hydrogen-bond donors (Lipinski definition) is 4. The quantitative estimate of drug-likeness (QED) is 0.439. The lowest BCUT2D eigenvalue weighted by molar-refractivity contribution is 0.130. The number of nitrogens with two attached hydrogens (primary N) is 2. The number of aryl methyl sites for hydroxylation is 1. The van der Waals surface area contributed by atoms with E-state index in [1.165, 1.54) is 0 Å². The van der Waals surface area contributed by atoms with Crippen molar-refractivity contribution >= 4 is 11.9 Å². The van der Waals surface area contributed by atoms with Gasteiger partial charge in [-0.1, -0.05) is 56.5 Å². The molecule has 8 heteroatoms. The number of nitrogen functional groups attached to an aromatic ring is 2. The molecular weight excluding hydrogens is 354 g/mol. The maximum atomic E-state index is 11.2. The molecule has 0 aliphatic rings. The molecule has 2 unspecified atom stereocenters. The lowest BCUT2D eigenvalue weighted by Gasteiger charge is -2.21. The maximum absolute atomic E-state index is 11.2. The van der Waals surface area contributed by atoms with Gasteiger partial charge in [-0.2, -0.15) is 15.0 Å². The Morgan fingerprint density at radius 1 is 1.00 bits per heavy atom. The van der Waals surface area contributed by atoms with Crippen LogP contribution in [0.2, 0.25) is 0 Å². The second-order valence-electron chi connectivity index (χ2n) is 6.92. The van der Waals surface area contributed by atoms with Gasteiger partial charge in [0.2, 0.25) is 11.9 Å². The Morgan fingerprint density at radius 2 is 1.68 bits per heavy atom. The van der Waals surface area contributed by atoms with Crippen LogP contribution in [0, 0.1) is 6.92 Å². The van der Waals surface area contributed by atoms with Crippen LogP contribution in [0.4, 0.5) is 11.9 Å². The number of nitrogens with one attached hydrogen (secondary N) is 1. The van der Waals surface area contributed by atoms with Gasteiger partial charge in [-0.25, -0.2) is 4.98 Å². The van der Waals surface area contributed by atoms with Crippen molar-refractivity contribution in [1.29, 1.82) is 0 Å². The molecule has 8 nitrogen and oxygen atoms in total. The molecule has 3 aromatic rings. The summed E-state index contributed by atoms with van der Waals surface area (Å²) in [5, 5.41) is 11.2. The van der Waals surface area contributed by atoms with E-state index in [1.807, 2.05) is 37.3 Å². The summed E-state index contributed by atoms with van der Waals surface area (Å²) in [6, 6.07) is 9.80. The highest BCUT2D eigenvalue weighted by Gasteiger charge is 2.29. The van der Waals surface area contributed by atoms with Gasteiger partial charge in [-0.05, 0) is 13.3 Å². The number of aromatic amines is 1. The molecule has 0 saturated carbocycles. The van der Waals surface area contributed by atoms with Crippen LogP contribution in [0.3, 0.4) is 0 Å². The number of hydrogen-bond acceptors (Lipinski definition) is 7. The van der Waals surface area contributed by atoms with Crippen LogP contribution in [-0.4, -0.2) is 30.0 Å². The van der Waals surface area contributed by atoms with Gasteiger partial charge in [0.05, 0.1) is 11.6 Å². The number of aromatic nitrogens is 5. The number of aliphatic hydroxyl groups is 1. The van der Waals surface area contributed by atoms with Crippen LogP contribution in [0.5, 0.6) is 0 Å². The highest BCUT2D eigenvalue weighted by atomic mass is 16.3. The average Bonchev–Trinajstić information content (AvgIpc) is 3.06. The molecule has 28 heavy (non-hydrogen) atoms. The number of unbranched alkanes of at least 4 members (excludes halogenated alkanes) is 2. The predicted molar refractivity (Wildman–Crippen MR) is 109 cm³/mol. The number of aliphatic hydroxyl groups excluding tert-OH is 1. The summed E-state index contributed by atoms with van der Waals surface area (Å²) < 4.78 is 0. The average molecular weight is 381 g/mol. The second-order valence-corrected chi connectivity index (χ2v) is 6.92. The number of benzene rings is 1. The number of nitrogens with zero attached hydrogens (tertiary/aromatic N) is 4. The van der Waals surface area contributed by atoms with Gasteiger partial charge in [0, 0.05) is 11.3 Å². The molecule has 2 aromatic heterocycles. The summed E-state index contributed by atoms with van der Waals surface area (Å²) in [6.45, 7) is 4.03. The Hall–Kier alpha value is -3.00. The first-order valence-electron chi connectivity index (χ1n) is 9.56. The molecule has 1 aromatic carbocycles. The van der Waals surface area contributed by atoms with Gasteiger partial charge >= 0.3 is 0 Å². The van der Waals surface area contributed by atoms with Crippen LogP contribution >= 0.6 is 0 Å². The number of H-pyrrole nitrogens is 1. The van der Waals surface area contributed by atoms with E-state index in [9.17, 15) is 5.11 Å². The summed E-state index contributed by atoms with van der Waals surface area (Å²) >= 11 is 0. The SMILES string of the molecule is CCCCCC(c1nc(N)nc(N)n1)C(O)c1nc(-c2ccccc2)[nH]c1C. The predicted octanol–water partition coefficient (Wildman–Crippen LogP) is 3.13. The molecule has 0 spiro atoms. The molecule has 0 aliphatic carbocycles. The van der Waals surface area contributed by atoms with Crippen LogP contribution in [-0.2, 0) is 0 Å². The van der Waals surface area contributed by atoms with Crippen LogP contribution in [0.1, 0.15) is 61.8 Å². The van der Waals surface area contributed by atoms with Gasteiger partial charge < -0.3 is 21.6 Å². The third-order valence-corrected chi connectivity index (χ3v) is 4.77. The highest BCUT2D eigenvalue weighted by Crippen LogP contribution is 2.35. The molecule has 2 atom stereocenters. The van der Waals surface area contributed by atoms with Crippen molar-refractivity contribution < 1.29 is 5.11 Å². The lowest BCUT2D eigenvalue weighted by Crippen LogP contribution is -2.18. The Labute approximate surface area is 164 Å². The third kappa shape index (κ3) is 4.45. The minimum Gasteiger partial charge on any atom is -0.386 e. The van der Waals surface area contributed by atoms with E-state index in [4.69, 9.17) is 11.5 Å². The Bertz CT molecular complexity index is 890. The zero-order valence-electron chi connectivity index (χ0n) is 16.3. The first-order valence-corrected chi connectivity index (χ1v) is 9.56. The molecule has 0 saturated heterocycles. The summed E-state index contributed by atoms with van der Waals surface area (Å²) in [5.74, 6) is 0.856. The smallest absolute Gasteiger partial charge is 0.225 e. The van der Waals surface area contributed by atoms with E-state index in [0.717, 1.165) is 30.5 Å². The first kappa shape index (κ1) is 19.8. The zero-order valence-corrected chi connectivity index (χ0v) is 16.3. The van der Waals surface area contributed by atoms with E-state index in [0.29, 0.717) is 23.8 Å². The normalized spacial score (nSPS) is 13.4. The van der Waals surface area contributed by atoms with Gasteiger partial charge in [0.25, 0.3) is 0 Å². The highest BCUT2D eigenvalue weighted by molar-refractivity contribution is 5.55. The molecule has 0 bridgehead atoms. The molecule has 6 N–H and O–H groups in total. The molecule has 2 heterocycles. The third-order valence-electron chi connectivity index (χ3n) is 4.77. The molecule has 0 amide bonds. The van der Waals surface area contributed by atoms with Crippen molar-refractivity contribution in [2.45, 2.75) is 51.6 Å². The van der Waals surface area contributed by atoms with Gasteiger partial charge in [-0.15, -0.1) is 0 Å². The summed E-state index contributed by atoms with van der Waals surface area (Å²) in [6.07, 6.45) is 2.87. The van der Waals surface area contributed by atoms with E-state index < -0.39 is 6.10 Å². The largest absolute Gasteiger partial charge is 0.386 e. The van der Waals surface area contributed by atoms with E-state index in [-0.39, 0.29) is 17.8 Å². The van der Waals surface area contributed by atoms with Gasteiger partial charge in [-0.3, -0.25) is 0 Å². The Morgan fingerprint density at radius 3 is 2.32 bits per heavy atom. The minimum absolute atomic E-state index is 0.0546. The van der Waals surface area contributed by atoms with E-state index >= 15 is 0 Å². The summed E-state index contributed by atoms with van der Waals surface area (Å²) in [4.78, 5) is 20.2. The van der Waals surface area contributed by atoms with Crippen molar-refractivity contribution in [3.05, 3.63) is 47.5 Å². The molecule has 148 valence electrons. The summed E-state index contributed by atoms with van der Waals surface area (Å²) in [5.41, 5.74) is 13.9. The molecular formula is C20H27N7O. The van der Waals surface area contributed by atoms with Crippen molar-refractivity contribution in [1.82, 2.24) is 24.9 Å². The van der Waals surface area contributed by atoms with Crippen molar-refractivity contribution in [2.75, 3.05) is 11.5 Å². The van der Waals surface area contributed by atoms with Crippen molar-refractivity contribution in [2.24, 2.45) is 0 Å². The fraction of sp³-hybridized carbons (Fsp3) is 0.400. The van der Waals surface area contributed by atoms with Gasteiger partial charge in [0.15, 0.2) is 0 Å². The zero-order chi connectivity index (χ0) is 20.1. The number of anilines is 2. The maximum Gasteiger partial charge on any atom is 0.225 e. The van der Waals surface area contributed by atoms with E-state index in [1.54, 1.807) is 0 Å². The number of imidazole rings is 1. The fourth-order valence-electron chi connectivity index (χ4n) is 3.32. The Kier molecular flexibility index (Phi) is 6.20. The summed E-state index contributed by atoms with van der Waals surface area (Å²) in [7, 11) is 0.